The van der Waals surface area contributed by atoms with Crippen LogP contribution in [0.5, 0.6) is 0 Å². The molecule has 4 aromatic carbocycles. The lowest BCUT2D eigenvalue weighted by atomic mass is 10.0. The fourth-order valence-electron chi connectivity index (χ4n) is 4.92. The van der Waals surface area contributed by atoms with Crippen LogP contribution in [0.4, 0.5) is 5.69 Å². The zero-order valence-electron chi connectivity index (χ0n) is 25.9. The number of anilines is 1. The summed E-state index contributed by atoms with van der Waals surface area (Å²) in [4.78, 5) is 29.8. The number of nitrogens with zero attached hydrogens (tertiary/aromatic N) is 2. The molecule has 0 unspecified atom stereocenters. The van der Waals surface area contributed by atoms with Gasteiger partial charge in [-0.15, -0.1) is 0 Å². The minimum atomic E-state index is -4.19. The van der Waals surface area contributed by atoms with E-state index in [9.17, 15) is 18.0 Å². The first-order valence-corrected chi connectivity index (χ1v) is 16.9. The second-order valence-electron chi connectivity index (χ2n) is 11.2. The van der Waals surface area contributed by atoms with E-state index in [2.05, 4.69) is 5.32 Å². The smallest absolute Gasteiger partial charge is 0.264 e. The Morgan fingerprint density at radius 2 is 1.40 bits per heavy atom. The van der Waals surface area contributed by atoms with Crippen LogP contribution in [0.3, 0.4) is 0 Å². The number of hydrogen-bond acceptors (Lipinski definition) is 4. The number of amides is 2. The number of benzene rings is 4. The zero-order valence-corrected chi connectivity index (χ0v) is 27.5. The summed E-state index contributed by atoms with van der Waals surface area (Å²) in [5.41, 5.74) is 4.07. The summed E-state index contributed by atoms with van der Waals surface area (Å²) >= 11 is 6.06. The van der Waals surface area contributed by atoms with E-state index >= 15 is 0 Å². The Balaban J connectivity index is 1.78. The van der Waals surface area contributed by atoms with Gasteiger partial charge in [0.15, 0.2) is 0 Å². The van der Waals surface area contributed by atoms with Gasteiger partial charge in [-0.2, -0.15) is 0 Å². The van der Waals surface area contributed by atoms with Gasteiger partial charge in [0.25, 0.3) is 10.0 Å². The van der Waals surface area contributed by atoms with E-state index in [-0.39, 0.29) is 23.8 Å². The number of carbonyl (C=O) groups is 2. The molecular formula is C36H40ClN3O4S. The lowest BCUT2D eigenvalue weighted by Crippen LogP contribution is -2.53. The van der Waals surface area contributed by atoms with Crippen LogP contribution in [0.25, 0.3) is 0 Å². The minimum Gasteiger partial charge on any atom is -0.354 e. The van der Waals surface area contributed by atoms with Crippen molar-refractivity contribution in [3.05, 3.63) is 130 Å². The molecule has 0 heterocycles. The van der Waals surface area contributed by atoms with Gasteiger partial charge in [-0.3, -0.25) is 13.9 Å². The molecule has 1 atom stereocenters. The van der Waals surface area contributed by atoms with Crippen molar-refractivity contribution in [3.8, 4) is 0 Å². The van der Waals surface area contributed by atoms with Gasteiger partial charge in [-0.25, -0.2) is 8.42 Å². The van der Waals surface area contributed by atoms with Crippen molar-refractivity contribution in [1.82, 2.24) is 10.2 Å². The predicted octanol–water partition coefficient (Wildman–Crippen LogP) is 6.71. The Kier molecular flexibility index (Phi) is 11.8. The molecule has 0 radical (unpaired) electrons. The quantitative estimate of drug-likeness (QED) is 0.155. The molecule has 0 aliphatic rings. The van der Waals surface area contributed by atoms with Crippen molar-refractivity contribution in [2.75, 3.05) is 17.4 Å². The molecule has 1 N–H and O–H groups in total. The molecule has 0 aromatic heterocycles. The second kappa shape index (κ2) is 15.7. The third-order valence-electron chi connectivity index (χ3n) is 7.58. The maximum Gasteiger partial charge on any atom is 0.264 e. The average Bonchev–Trinajstić information content (AvgIpc) is 3.03. The largest absolute Gasteiger partial charge is 0.354 e. The average molecular weight is 646 g/mol. The number of nitrogens with one attached hydrogen (secondary N) is 1. The van der Waals surface area contributed by atoms with Crippen molar-refractivity contribution in [2.24, 2.45) is 0 Å². The van der Waals surface area contributed by atoms with Crippen molar-refractivity contribution in [2.45, 2.75) is 57.5 Å². The van der Waals surface area contributed by atoms with E-state index in [1.807, 2.05) is 75.4 Å². The highest BCUT2D eigenvalue weighted by atomic mass is 35.5. The molecule has 0 aliphatic carbocycles. The molecule has 0 fully saturated rings. The second-order valence-corrected chi connectivity index (χ2v) is 13.5. The predicted molar refractivity (Wildman–Crippen MR) is 181 cm³/mol. The maximum atomic E-state index is 14.5. The molecule has 0 aliphatic heterocycles. The maximum absolute atomic E-state index is 14.5. The van der Waals surface area contributed by atoms with Crippen LogP contribution in [0.15, 0.2) is 108 Å². The number of rotatable bonds is 14. The number of hydrogen-bond donors (Lipinski definition) is 1. The number of carbonyl (C=O) groups excluding carboxylic acids is 2. The van der Waals surface area contributed by atoms with Crippen LogP contribution in [-0.4, -0.2) is 44.3 Å². The summed E-state index contributed by atoms with van der Waals surface area (Å²) in [7, 11) is -4.19. The number of halogens is 1. The highest BCUT2D eigenvalue weighted by molar-refractivity contribution is 7.92. The first kappa shape index (κ1) is 33.7. The van der Waals surface area contributed by atoms with Crippen LogP contribution in [0.2, 0.25) is 5.02 Å². The SMILES string of the molecule is CCCCNC(=O)[C@@H](Cc1ccccc1)N(Cc1ccc(C)cc1)C(=O)CN(c1ccc(C)cc1)S(=O)(=O)c1ccc(Cl)cc1. The summed E-state index contributed by atoms with van der Waals surface area (Å²) in [6.07, 6.45) is 1.98. The topological polar surface area (TPSA) is 86.8 Å². The summed E-state index contributed by atoms with van der Waals surface area (Å²) in [6, 6.07) is 29.2. The van der Waals surface area contributed by atoms with Gasteiger partial charge < -0.3 is 10.2 Å². The fourth-order valence-corrected chi connectivity index (χ4v) is 6.46. The summed E-state index contributed by atoms with van der Waals surface area (Å²) in [6.45, 7) is 6.03. The van der Waals surface area contributed by atoms with Gasteiger partial charge in [0.05, 0.1) is 10.6 Å². The van der Waals surface area contributed by atoms with Gasteiger partial charge in [-0.1, -0.05) is 103 Å². The molecule has 236 valence electrons. The molecule has 4 aromatic rings. The molecule has 9 heteroatoms. The first-order valence-electron chi connectivity index (χ1n) is 15.1. The van der Waals surface area contributed by atoms with E-state index < -0.39 is 28.5 Å². The van der Waals surface area contributed by atoms with Gasteiger partial charge in [0, 0.05) is 24.5 Å². The van der Waals surface area contributed by atoms with Gasteiger partial charge >= 0.3 is 0 Å². The van der Waals surface area contributed by atoms with E-state index in [1.54, 1.807) is 24.3 Å². The number of unbranched alkanes of at least 4 members (excludes halogenated alkanes) is 1. The normalized spacial score (nSPS) is 11.9. The van der Waals surface area contributed by atoms with Crippen molar-refractivity contribution in [3.63, 3.8) is 0 Å². The molecule has 4 rings (SSSR count). The Bertz CT molecular complexity index is 1660. The molecule has 45 heavy (non-hydrogen) atoms. The summed E-state index contributed by atoms with van der Waals surface area (Å²) in [5.74, 6) is -0.782. The molecule has 0 saturated carbocycles. The van der Waals surface area contributed by atoms with E-state index in [0.29, 0.717) is 17.3 Å². The van der Waals surface area contributed by atoms with Crippen LogP contribution in [-0.2, 0) is 32.6 Å². The van der Waals surface area contributed by atoms with Crippen LogP contribution >= 0.6 is 11.6 Å². The van der Waals surface area contributed by atoms with E-state index in [1.165, 1.54) is 29.2 Å². The number of sulfonamides is 1. The fraction of sp³-hybridized carbons (Fsp3) is 0.278. The number of aryl methyl sites for hydroxylation is 2. The highest BCUT2D eigenvalue weighted by Crippen LogP contribution is 2.26. The lowest BCUT2D eigenvalue weighted by molar-refractivity contribution is -0.140. The highest BCUT2D eigenvalue weighted by Gasteiger charge is 2.34. The Morgan fingerprint density at radius 3 is 2.00 bits per heavy atom. The Morgan fingerprint density at radius 1 is 0.800 bits per heavy atom. The van der Waals surface area contributed by atoms with E-state index in [4.69, 9.17) is 11.6 Å². The molecule has 2 amide bonds. The molecular weight excluding hydrogens is 606 g/mol. The molecule has 7 nitrogen and oxygen atoms in total. The Hall–Kier alpha value is -4.14. The lowest BCUT2D eigenvalue weighted by Gasteiger charge is -2.34. The van der Waals surface area contributed by atoms with Crippen LogP contribution in [0, 0.1) is 13.8 Å². The molecule has 0 bridgehead atoms. The molecule has 0 spiro atoms. The van der Waals surface area contributed by atoms with Gasteiger partial charge in [0.1, 0.15) is 12.6 Å². The van der Waals surface area contributed by atoms with E-state index in [0.717, 1.165) is 39.4 Å². The monoisotopic (exact) mass is 645 g/mol. The summed E-state index contributed by atoms with van der Waals surface area (Å²) < 4.78 is 29.3. The van der Waals surface area contributed by atoms with Crippen LogP contribution in [0.1, 0.15) is 42.0 Å². The Labute approximate surface area is 271 Å². The third-order valence-corrected chi connectivity index (χ3v) is 9.62. The zero-order chi connectivity index (χ0) is 32.4. The first-order chi connectivity index (χ1) is 21.6. The summed E-state index contributed by atoms with van der Waals surface area (Å²) in [5, 5.41) is 3.41. The third kappa shape index (κ3) is 9.19. The van der Waals surface area contributed by atoms with Crippen molar-refractivity contribution < 1.29 is 18.0 Å². The van der Waals surface area contributed by atoms with Crippen molar-refractivity contribution >= 4 is 39.1 Å². The van der Waals surface area contributed by atoms with Gasteiger partial charge in [-0.05, 0) is 67.8 Å². The minimum absolute atomic E-state index is 0.00324. The molecule has 0 saturated heterocycles. The van der Waals surface area contributed by atoms with Gasteiger partial charge in [0.2, 0.25) is 11.8 Å². The standard InChI is InChI=1S/C36H40ClN3O4S/c1-4-5-23-38-36(42)34(24-29-9-7-6-8-10-29)39(25-30-15-11-27(2)12-16-30)35(41)26-40(32-19-13-28(3)14-20-32)45(43,44)33-21-17-31(37)18-22-33/h6-22,34H,4-5,23-26H2,1-3H3,(H,38,42)/t34-/m1/s1. The van der Waals surface area contributed by atoms with Crippen LogP contribution < -0.4 is 9.62 Å². The van der Waals surface area contributed by atoms with Crippen molar-refractivity contribution in [1.29, 1.82) is 0 Å².